The Morgan fingerprint density at radius 2 is 1.69 bits per heavy atom. The summed E-state index contributed by atoms with van der Waals surface area (Å²) < 4.78 is 31.2. The number of sulfonamides is 1. The lowest BCUT2D eigenvalue weighted by molar-refractivity contribution is -0.119. The van der Waals surface area contributed by atoms with Gasteiger partial charge in [0.1, 0.15) is 11.3 Å². The van der Waals surface area contributed by atoms with E-state index in [1.807, 2.05) is 0 Å². The van der Waals surface area contributed by atoms with Gasteiger partial charge in [-0.15, -0.1) is 0 Å². The summed E-state index contributed by atoms with van der Waals surface area (Å²) in [7, 11) is -3.58. The van der Waals surface area contributed by atoms with Crippen LogP contribution in [0.1, 0.15) is 29.8 Å². The molecule has 0 atom stereocenters. The lowest BCUT2D eigenvalue weighted by Gasteiger charge is -2.18. The van der Waals surface area contributed by atoms with Crippen LogP contribution in [0.5, 0.6) is 5.75 Å². The first kappa shape index (κ1) is 22.4. The predicted molar refractivity (Wildman–Crippen MR) is 108 cm³/mol. The molecule has 0 heterocycles. The van der Waals surface area contributed by atoms with Crippen LogP contribution in [0.15, 0.2) is 47.4 Å². The Morgan fingerprint density at radius 3 is 2.28 bits per heavy atom. The van der Waals surface area contributed by atoms with Crippen molar-refractivity contribution in [3.63, 3.8) is 0 Å². The van der Waals surface area contributed by atoms with Crippen molar-refractivity contribution in [1.29, 1.82) is 0 Å². The van der Waals surface area contributed by atoms with E-state index >= 15 is 0 Å². The molecule has 0 aromatic heterocycles. The number of rotatable bonds is 8. The Balaban J connectivity index is 1.97. The Hall–Kier alpha value is -2.91. The molecule has 0 aliphatic heterocycles. The van der Waals surface area contributed by atoms with Crippen molar-refractivity contribution in [3.05, 3.63) is 53.6 Å². The van der Waals surface area contributed by atoms with Gasteiger partial charge in [-0.3, -0.25) is 4.79 Å². The molecule has 2 N–H and O–H groups in total. The van der Waals surface area contributed by atoms with Crippen molar-refractivity contribution in [1.82, 2.24) is 4.31 Å². The van der Waals surface area contributed by atoms with E-state index in [-0.39, 0.29) is 16.2 Å². The van der Waals surface area contributed by atoms with E-state index in [1.54, 1.807) is 26.8 Å². The van der Waals surface area contributed by atoms with Gasteiger partial charge in [0.05, 0.1) is 4.90 Å². The number of nitrogens with one attached hydrogen (secondary N) is 1. The molecule has 0 fully saturated rings. The van der Waals surface area contributed by atoms with Crippen molar-refractivity contribution in [2.75, 3.05) is 25.0 Å². The van der Waals surface area contributed by atoms with Gasteiger partial charge in [-0.2, -0.15) is 4.31 Å². The summed E-state index contributed by atoms with van der Waals surface area (Å²) in [5, 5.41) is 12.2. The number of hydrogen-bond donors (Lipinski definition) is 2. The van der Waals surface area contributed by atoms with Crippen LogP contribution in [0.4, 0.5) is 5.69 Å². The Labute approximate surface area is 170 Å². The Bertz CT molecular complexity index is 983. The van der Waals surface area contributed by atoms with Gasteiger partial charge >= 0.3 is 5.97 Å². The monoisotopic (exact) mass is 420 g/mol. The van der Waals surface area contributed by atoms with Gasteiger partial charge in [0.25, 0.3) is 5.91 Å². The van der Waals surface area contributed by atoms with Crippen molar-refractivity contribution < 1.29 is 27.9 Å². The van der Waals surface area contributed by atoms with Gasteiger partial charge in [-0.1, -0.05) is 25.5 Å². The fraction of sp³-hybridized carbons (Fsp3) is 0.300. The second-order valence-corrected chi connectivity index (χ2v) is 8.20. The first-order chi connectivity index (χ1) is 13.7. The molecule has 0 unspecified atom stereocenters. The van der Waals surface area contributed by atoms with Crippen LogP contribution in [0.2, 0.25) is 0 Å². The third-order valence-electron chi connectivity index (χ3n) is 4.19. The summed E-state index contributed by atoms with van der Waals surface area (Å²) in [6.45, 7) is 5.44. The maximum Gasteiger partial charge on any atom is 0.342 e. The van der Waals surface area contributed by atoms with E-state index in [1.165, 1.54) is 40.7 Å². The molecule has 0 radical (unpaired) electrons. The SMILES string of the molecule is CCN(CC)S(=O)(=O)c1ccc(NC(=O)COC(=O)c2cc(C)ccc2O)cc1. The molecule has 0 spiro atoms. The van der Waals surface area contributed by atoms with Gasteiger partial charge in [-0.05, 0) is 43.3 Å². The van der Waals surface area contributed by atoms with E-state index in [0.717, 1.165) is 5.56 Å². The van der Waals surface area contributed by atoms with Gasteiger partial charge in [0.15, 0.2) is 6.61 Å². The number of carbonyl (C=O) groups excluding carboxylic acids is 2. The third kappa shape index (κ3) is 5.55. The first-order valence-electron chi connectivity index (χ1n) is 9.05. The second-order valence-electron chi connectivity index (χ2n) is 6.26. The predicted octanol–water partition coefficient (Wildman–Crippen LogP) is 2.53. The summed E-state index contributed by atoms with van der Waals surface area (Å²) >= 11 is 0. The quantitative estimate of drug-likeness (QED) is 0.635. The zero-order valence-electron chi connectivity index (χ0n) is 16.5. The number of benzene rings is 2. The van der Waals surface area contributed by atoms with Crippen molar-refractivity contribution in [2.45, 2.75) is 25.7 Å². The molecule has 2 rings (SSSR count). The zero-order valence-corrected chi connectivity index (χ0v) is 17.3. The molecule has 0 bridgehead atoms. The molecule has 0 saturated carbocycles. The van der Waals surface area contributed by atoms with Crippen LogP contribution >= 0.6 is 0 Å². The minimum absolute atomic E-state index is 0.0243. The highest BCUT2D eigenvalue weighted by Crippen LogP contribution is 2.20. The average molecular weight is 420 g/mol. The molecular formula is C20H24N2O6S. The highest BCUT2D eigenvalue weighted by atomic mass is 32.2. The number of phenols is 1. The summed E-state index contributed by atoms with van der Waals surface area (Å²) in [6.07, 6.45) is 0. The number of anilines is 1. The van der Waals surface area contributed by atoms with E-state index in [4.69, 9.17) is 4.74 Å². The van der Waals surface area contributed by atoms with Crippen molar-refractivity contribution in [2.24, 2.45) is 0 Å². The maximum absolute atomic E-state index is 12.5. The molecule has 2 aromatic rings. The molecule has 29 heavy (non-hydrogen) atoms. The standard InChI is InChI=1S/C20H24N2O6S/c1-4-22(5-2)29(26,27)16-9-7-15(8-10-16)21-19(24)13-28-20(25)17-12-14(3)6-11-18(17)23/h6-12,23H,4-5,13H2,1-3H3,(H,21,24). The van der Waals surface area contributed by atoms with Crippen molar-refractivity contribution in [3.8, 4) is 5.75 Å². The third-order valence-corrected chi connectivity index (χ3v) is 6.25. The molecule has 9 heteroatoms. The maximum atomic E-state index is 12.5. The summed E-state index contributed by atoms with van der Waals surface area (Å²) in [6, 6.07) is 10.2. The first-order valence-corrected chi connectivity index (χ1v) is 10.5. The number of carbonyl (C=O) groups is 2. The lowest BCUT2D eigenvalue weighted by Crippen LogP contribution is -2.30. The van der Waals surface area contributed by atoms with Crippen LogP contribution in [-0.4, -0.2) is 49.4 Å². The zero-order chi connectivity index (χ0) is 21.6. The molecule has 0 aliphatic carbocycles. The summed E-state index contributed by atoms with van der Waals surface area (Å²) in [5.74, 6) is -1.64. The Morgan fingerprint density at radius 1 is 1.07 bits per heavy atom. The fourth-order valence-electron chi connectivity index (χ4n) is 2.64. The van der Waals surface area contributed by atoms with Gasteiger partial charge < -0.3 is 15.2 Å². The molecule has 0 aliphatic rings. The second kappa shape index (κ2) is 9.53. The number of phenolic OH excluding ortho intramolecular Hbond substituents is 1. The molecule has 1 amide bonds. The number of nitrogens with zero attached hydrogens (tertiary/aromatic N) is 1. The van der Waals surface area contributed by atoms with Crippen LogP contribution < -0.4 is 5.32 Å². The van der Waals surface area contributed by atoms with Gasteiger partial charge in [-0.25, -0.2) is 13.2 Å². The smallest absolute Gasteiger partial charge is 0.342 e. The molecule has 0 saturated heterocycles. The lowest BCUT2D eigenvalue weighted by atomic mass is 10.1. The van der Waals surface area contributed by atoms with E-state index in [9.17, 15) is 23.1 Å². The fourth-order valence-corrected chi connectivity index (χ4v) is 4.10. The molecule has 8 nitrogen and oxygen atoms in total. The number of ether oxygens (including phenoxy) is 1. The average Bonchev–Trinajstić information content (AvgIpc) is 2.69. The van der Waals surface area contributed by atoms with E-state index in [2.05, 4.69) is 5.32 Å². The van der Waals surface area contributed by atoms with Crippen LogP contribution in [-0.2, 0) is 19.6 Å². The minimum atomic E-state index is -3.58. The summed E-state index contributed by atoms with van der Waals surface area (Å²) in [5.41, 5.74) is 1.10. The van der Waals surface area contributed by atoms with Gasteiger partial charge in [0.2, 0.25) is 10.0 Å². The van der Waals surface area contributed by atoms with Crippen LogP contribution in [0, 0.1) is 6.92 Å². The largest absolute Gasteiger partial charge is 0.507 e. The number of amides is 1. The highest BCUT2D eigenvalue weighted by molar-refractivity contribution is 7.89. The molecular weight excluding hydrogens is 396 g/mol. The normalized spacial score (nSPS) is 11.3. The number of esters is 1. The van der Waals surface area contributed by atoms with E-state index in [0.29, 0.717) is 18.8 Å². The minimum Gasteiger partial charge on any atom is -0.507 e. The topological polar surface area (TPSA) is 113 Å². The number of aryl methyl sites for hydroxylation is 1. The van der Waals surface area contributed by atoms with Crippen LogP contribution in [0.3, 0.4) is 0 Å². The van der Waals surface area contributed by atoms with Crippen LogP contribution in [0.25, 0.3) is 0 Å². The number of aromatic hydroxyl groups is 1. The van der Waals surface area contributed by atoms with E-state index < -0.39 is 28.5 Å². The highest BCUT2D eigenvalue weighted by Gasteiger charge is 2.21. The summed E-state index contributed by atoms with van der Waals surface area (Å²) in [4.78, 5) is 24.1. The number of hydrogen-bond acceptors (Lipinski definition) is 6. The van der Waals surface area contributed by atoms with Crippen molar-refractivity contribution >= 4 is 27.6 Å². The van der Waals surface area contributed by atoms with Gasteiger partial charge in [0, 0.05) is 18.8 Å². The molecule has 2 aromatic carbocycles. The molecule has 156 valence electrons. The Kier molecular flexibility index (Phi) is 7.35.